The molecule has 100 valence electrons. The Morgan fingerprint density at radius 3 is 2.37 bits per heavy atom. The second-order valence-corrected chi connectivity index (χ2v) is 6.31. The highest BCUT2D eigenvalue weighted by Crippen LogP contribution is 2.36. The van der Waals surface area contributed by atoms with E-state index in [-0.39, 0.29) is 0 Å². The molecule has 0 saturated carbocycles. The molecule has 0 atom stereocenters. The summed E-state index contributed by atoms with van der Waals surface area (Å²) in [6, 6.07) is 9.00. The van der Waals surface area contributed by atoms with Gasteiger partial charge in [0.2, 0.25) is 0 Å². The van der Waals surface area contributed by atoms with Gasteiger partial charge in [0.25, 0.3) is 0 Å². The molecule has 0 amide bonds. The number of hydrogen-bond acceptors (Lipinski definition) is 2. The monoisotopic (exact) mass is 423 g/mol. The Kier molecular flexibility index (Phi) is 5.01. The Labute approximate surface area is 138 Å². The van der Waals surface area contributed by atoms with Gasteiger partial charge in [0, 0.05) is 11.3 Å². The number of rotatable bonds is 3. The van der Waals surface area contributed by atoms with Crippen LogP contribution in [0.3, 0.4) is 0 Å². The summed E-state index contributed by atoms with van der Waals surface area (Å²) in [4.78, 5) is 0. The van der Waals surface area contributed by atoms with Crippen LogP contribution in [0.4, 0.5) is 5.69 Å². The van der Waals surface area contributed by atoms with Crippen molar-refractivity contribution in [3.63, 3.8) is 0 Å². The van der Waals surface area contributed by atoms with Gasteiger partial charge in [0.05, 0.1) is 19.0 Å². The molecule has 0 aliphatic heterocycles. The van der Waals surface area contributed by atoms with Crippen LogP contribution in [-0.2, 0) is 6.61 Å². The average molecular weight is 426 g/mol. The number of nitrogen functional groups attached to an aromatic ring is 1. The molecule has 2 nitrogen and oxygen atoms in total. The van der Waals surface area contributed by atoms with Crippen LogP contribution in [-0.4, -0.2) is 0 Å². The van der Waals surface area contributed by atoms with Gasteiger partial charge in [-0.1, -0.05) is 35.3 Å². The third-order valence-corrected chi connectivity index (χ3v) is 4.46. The third kappa shape index (κ3) is 3.57. The molecule has 0 bridgehead atoms. The van der Waals surface area contributed by atoms with Gasteiger partial charge in [-0.3, -0.25) is 0 Å². The Morgan fingerprint density at radius 1 is 1.11 bits per heavy atom. The van der Waals surface area contributed by atoms with Crippen molar-refractivity contribution >= 4 is 60.7 Å². The summed E-state index contributed by atoms with van der Waals surface area (Å²) in [6.07, 6.45) is 0. The number of nitrogens with two attached hydrogens (primary N) is 1. The van der Waals surface area contributed by atoms with Gasteiger partial charge in [0.15, 0.2) is 0 Å². The first-order valence-electron chi connectivity index (χ1n) is 5.29. The van der Waals surface area contributed by atoms with Gasteiger partial charge in [-0.25, -0.2) is 0 Å². The zero-order valence-corrected chi connectivity index (χ0v) is 14.3. The minimum absolute atomic E-state index is 0.320. The summed E-state index contributed by atoms with van der Waals surface area (Å²) in [5.41, 5.74) is 7.19. The van der Waals surface area contributed by atoms with E-state index in [1.54, 1.807) is 18.2 Å². The maximum absolute atomic E-state index is 6.11. The zero-order chi connectivity index (χ0) is 14.0. The predicted molar refractivity (Wildman–Crippen MR) is 87.0 cm³/mol. The van der Waals surface area contributed by atoms with Crippen LogP contribution < -0.4 is 10.5 Å². The number of anilines is 1. The van der Waals surface area contributed by atoms with Gasteiger partial charge in [-0.05, 0) is 50.1 Å². The quantitative estimate of drug-likeness (QED) is 0.642. The molecule has 2 aromatic rings. The highest BCUT2D eigenvalue weighted by Gasteiger charge is 2.10. The standard InChI is InChI=1S/C13H9Br2Cl2NO/c14-9-4-8(18)5-10(15)13(9)19-6-7-2-1-3-11(16)12(7)17/h1-5H,6,18H2. The Bertz CT molecular complexity index is 597. The lowest BCUT2D eigenvalue weighted by molar-refractivity contribution is 0.302. The van der Waals surface area contributed by atoms with E-state index >= 15 is 0 Å². The second-order valence-electron chi connectivity index (χ2n) is 3.82. The Balaban J connectivity index is 2.22. The van der Waals surface area contributed by atoms with Crippen molar-refractivity contribution in [1.82, 2.24) is 0 Å². The SMILES string of the molecule is Nc1cc(Br)c(OCc2cccc(Cl)c2Cl)c(Br)c1. The summed E-state index contributed by atoms with van der Waals surface area (Å²) in [7, 11) is 0. The number of hydrogen-bond donors (Lipinski definition) is 1. The molecule has 0 saturated heterocycles. The fourth-order valence-electron chi connectivity index (χ4n) is 1.53. The molecule has 0 radical (unpaired) electrons. The molecule has 0 unspecified atom stereocenters. The minimum Gasteiger partial charge on any atom is -0.486 e. The van der Waals surface area contributed by atoms with E-state index < -0.39 is 0 Å². The van der Waals surface area contributed by atoms with E-state index in [4.69, 9.17) is 33.7 Å². The van der Waals surface area contributed by atoms with Crippen molar-refractivity contribution in [2.24, 2.45) is 0 Å². The lowest BCUT2D eigenvalue weighted by atomic mass is 10.2. The first kappa shape index (κ1) is 15.0. The van der Waals surface area contributed by atoms with Crippen LogP contribution in [0.25, 0.3) is 0 Å². The minimum atomic E-state index is 0.320. The summed E-state index contributed by atoms with van der Waals surface area (Å²) < 4.78 is 7.30. The van der Waals surface area contributed by atoms with Crippen molar-refractivity contribution in [3.05, 3.63) is 54.9 Å². The lowest BCUT2D eigenvalue weighted by Gasteiger charge is -2.12. The molecule has 0 heterocycles. The lowest BCUT2D eigenvalue weighted by Crippen LogP contribution is -1.98. The van der Waals surface area contributed by atoms with Crippen LogP contribution in [0.15, 0.2) is 39.3 Å². The van der Waals surface area contributed by atoms with E-state index in [0.717, 1.165) is 14.5 Å². The summed E-state index contributed by atoms with van der Waals surface area (Å²) >= 11 is 18.9. The highest BCUT2D eigenvalue weighted by molar-refractivity contribution is 9.11. The molecule has 2 aromatic carbocycles. The normalized spacial score (nSPS) is 10.5. The van der Waals surface area contributed by atoms with Crippen LogP contribution in [0.5, 0.6) is 5.75 Å². The molecular weight excluding hydrogens is 417 g/mol. The second kappa shape index (κ2) is 6.35. The molecule has 0 spiro atoms. The van der Waals surface area contributed by atoms with Gasteiger partial charge in [0.1, 0.15) is 12.4 Å². The van der Waals surface area contributed by atoms with E-state index in [0.29, 0.717) is 28.1 Å². The van der Waals surface area contributed by atoms with E-state index in [2.05, 4.69) is 31.9 Å². The van der Waals surface area contributed by atoms with Crippen LogP contribution in [0.2, 0.25) is 10.0 Å². The molecule has 0 aromatic heterocycles. The topological polar surface area (TPSA) is 35.2 Å². The fourth-order valence-corrected chi connectivity index (χ4v) is 3.35. The molecule has 6 heteroatoms. The molecule has 0 aliphatic rings. The number of halogens is 4. The van der Waals surface area contributed by atoms with Crippen molar-refractivity contribution in [1.29, 1.82) is 0 Å². The first-order chi connectivity index (χ1) is 8.99. The maximum atomic E-state index is 6.11. The van der Waals surface area contributed by atoms with Crippen molar-refractivity contribution in [2.75, 3.05) is 5.73 Å². The summed E-state index contributed by atoms with van der Waals surface area (Å²) in [5.74, 6) is 0.672. The summed E-state index contributed by atoms with van der Waals surface area (Å²) in [5, 5.41) is 1.02. The molecule has 19 heavy (non-hydrogen) atoms. The zero-order valence-electron chi connectivity index (χ0n) is 9.59. The smallest absolute Gasteiger partial charge is 0.148 e. The Morgan fingerprint density at radius 2 is 1.74 bits per heavy atom. The van der Waals surface area contributed by atoms with Crippen molar-refractivity contribution in [3.8, 4) is 5.75 Å². The summed E-state index contributed by atoms with van der Waals surface area (Å²) in [6.45, 7) is 0.320. The molecular formula is C13H9Br2Cl2NO. The van der Waals surface area contributed by atoms with E-state index in [1.165, 1.54) is 0 Å². The van der Waals surface area contributed by atoms with Crippen molar-refractivity contribution in [2.45, 2.75) is 6.61 Å². The van der Waals surface area contributed by atoms with Crippen LogP contribution in [0, 0.1) is 0 Å². The highest BCUT2D eigenvalue weighted by atomic mass is 79.9. The average Bonchev–Trinajstić information content (AvgIpc) is 2.33. The van der Waals surface area contributed by atoms with Gasteiger partial charge in [-0.15, -0.1) is 0 Å². The van der Waals surface area contributed by atoms with E-state index in [1.807, 2.05) is 12.1 Å². The number of ether oxygens (including phenoxy) is 1. The fraction of sp³-hybridized carbons (Fsp3) is 0.0769. The van der Waals surface area contributed by atoms with Crippen molar-refractivity contribution < 1.29 is 4.74 Å². The predicted octanol–water partition coefficient (Wildman–Crippen LogP) is 5.68. The first-order valence-corrected chi connectivity index (χ1v) is 7.63. The van der Waals surface area contributed by atoms with Gasteiger partial charge < -0.3 is 10.5 Å². The van der Waals surface area contributed by atoms with Crippen LogP contribution >= 0.6 is 55.1 Å². The third-order valence-electron chi connectivity index (χ3n) is 2.42. The largest absolute Gasteiger partial charge is 0.486 e. The Hall–Kier alpha value is -0.420. The maximum Gasteiger partial charge on any atom is 0.148 e. The van der Waals surface area contributed by atoms with Gasteiger partial charge >= 0.3 is 0 Å². The molecule has 0 aliphatic carbocycles. The molecule has 2 N–H and O–H groups in total. The molecule has 2 rings (SSSR count). The van der Waals surface area contributed by atoms with E-state index in [9.17, 15) is 0 Å². The van der Waals surface area contributed by atoms with Crippen LogP contribution in [0.1, 0.15) is 5.56 Å². The number of benzene rings is 2. The van der Waals surface area contributed by atoms with Gasteiger partial charge in [-0.2, -0.15) is 0 Å². The molecule has 0 fully saturated rings.